The lowest BCUT2D eigenvalue weighted by molar-refractivity contribution is -0.116. The summed E-state index contributed by atoms with van der Waals surface area (Å²) < 4.78 is 13.9. The molecule has 1 N–H and O–H groups in total. The molecule has 8 nitrogen and oxygen atoms in total. The number of para-hydroxylation sites is 1. The molecule has 0 radical (unpaired) electrons. The molecule has 0 atom stereocenters. The van der Waals surface area contributed by atoms with Crippen molar-refractivity contribution in [2.75, 3.05) is 19.5 Å². The Morgan fingerprint density at radius 3 is 2.53 bits per heavy atom. The number of methoxy groups -OCH3 is 2. The molecule has 0 unspecified atom stereocenters. The van der Waals surface area contributed by atoms with Crippen LogP contribution >= 0.6 is 11.6 Å². The van der Waals surface area contributed by atoms with Gasteiger partial charge in [0, 0.05) is 42.0 Å². The van der Waals surface area contributed by atoms with Crippen molar-refractivity contribution in [3.8, 4) is 22.8 Å². The third-order valence-electron chi connectivity index (χ3n) is 5.85. The molecule has 4 aromatic rings. The molecule has 0 spiro atoms. The van der Waals surface area contributed by atoms with Gasteiger partial charge in [-0.2, -0.15) is 9.61 Å². The summed E-state index contributed by atoms with van der Waals surface area (Å²) in [6, 6.07) is 14.4. The summed E-state index contributed by atoms with van der Waals surface area (Å²) in [7, 11) is 5.00. The molecule has 2 heterocycles. The van der Waals surface area contributed by atoms with Crippen LogP contribution in [0.2, 0.25) is 5.02 Å². The van der Waals surface area contributed by atoms with Gasteiger partial charge in [0.15, 0.2) is 0 Å². The normalized spacial score (nSPS) is 11.0. The van der Waals surface area contributed by atoms with Crippen LogP contribution in [0.15, 0.2) is 53.3 Å². The number of carbonyl (C=O) groups is 1. The van der Waals surface area contributed by atoms with E-state index in [0.29, 0.717) is 39.1 Å². The lowest BCUT2D eigenvalue weighted by Crippen LogP contribution is -2.26. The van der Waals surface area contributed by atoms with Gasteiger partial charge in [-0.15, -0.1) is 0 Å². The summed E-state index contributed by atoms with van der Waals surface area (Å²) in [6.07, 6.45) is 0.403. The van der Waals surface area contributed by atoms with Crippen molar-refractivity contribution in [1.82, 2.24) is 14.2 Å². The van der Waals surface area contributed by atoms with Crippen LogP contribution in [0.5, 0.6) is 11.5 Å². The molecule has 176 valence electrons. The van der Waals surface area contributed by atoms with Gasteiger partial charge in [0.05, 0.1) is 24.9 Å². The fraction of sp³-hybridized carbons (Fsp3) is 0.240. The van der Waals surface area contributed by atoms with E-state index in [0.717, 1.165) is 11.3 Å². The Kier molecular flexibility index (Phi) is 6.61. The second-order valence-corrected chi connectivity index (χ2v) is 8.23. The van der Waals surface area contributed by atoms with Crippen LogP contribution in [-0.4, -0.2) is 34.3 Å². The summed E-state index contributed by atoms with van der Waals surface area (Å²) in [5.74, 6) is 0.977. The predicted octanol–water partition coefficient (Wildman–Crippen LogP) is 4.25. The number of hydrogen-bond acceptors (Lipinski definition) is 5. The average Bonchev–Trinajstić information content (AvgIpc) is 3.28. The van der Waals surface area contributed by atoms with E-state index < -0.39 is 0 Å². The molecular weight excluding hydrogens is 456 g/mol. The summed E-state index contributed by atoms with van der Waals surface area (Å²) in [5, 5.41) is 7.76. The predicted molar refractivity (Wildman–Crippen MR) is 132 cm³/mol. The average molecular weight is 481 g/mol. The molecular formula is C25H25ClN4O4. The number of rotatable bonds is 7. The molecule has 0 saturated carbocycles. The molecule has 1 amide bonds. The van der Waals surface area contributed by atoms with E-state index in [1.807, 2.05) is 48.9 Å². The topological polar surface area (TPSA) is 86.9 Å². The smallest absolute Gasteiger partial charge is 0.277 e. The Labute approximate surface area is 201 Å². The summed E-state index contributed by atoms with van der Waals surface area (Å²) in [5.41, 5.74) is 3.72. The van der Waals surface area contributed by atoms with E-state index >= 15 is 0 Å². The van der Waals surface area contributed by atoms with Crippen molar-refractivity contribution < 1.29 is 14.3 Å². The minimum absolute atomic E-state index is 0.131. The van der Waals surface area contributed by atoms with E-state index in [1.165, 1.54) is 11.6 Å². The number of aryl methyl sites for hydroxylation is 1. The van der Waals surface area contributed by atoms with Crippen molar-refractivity contribution in [1.29, 1.82) is 0 Å². The van der Waals surface area contributed by atoms with E-state index in [9.17, 15) is 9.59 Å². The number of anilines is 1. The highest BCUT2D eigenvalue weighted by Crippen LogP contribution is 2.29. The highest BCUT2D eigenvalue weighted by molar-refractivity contribution is 6.32. The first kappa shape index (κ1) is 23.4. The van der Waals surface area contributed by atoms with Gasteiger partial charge in [0.2, 0.25) is 5.91 Å². The fourth-order valence-corrected chi connectivity index (χ4v) is 4.16. The summed E-state index contributed by atoms with van der Waals surface area (Å²) in [4.78, 5) is 25.8. The SMILES string of the molecule is COc1ccc(NC(=O)CCc2c(C)n(C)c3cc(-c4ccccc4OC)nn3c2=O)cc1Cl. The molecule has 34 heavy (non-hydrogen) atoms. The van der Waals surface area contributed by atoms with E-state index in [-0.39, 0.29) is 24.3 Å². The Morgan fingerprint density at radius 2 is 1.82 bits per heavy atom. The van der Waals surface area contributed by atoms with Crippen LogP contribution < -0.4 is 20.3 Å². The molecule has 0 fully saturated rings. The van der Waals surface area contributed by atoms with Crippen LogP contribution in [0.4, 0.5) is 5.69 Å². The zero-order valence-corrected chi connectivity index (χ0v) is 20.1. The number of carbonyl (C=O) groups excluding carboxylic acids is 1. The Balaban J connectivity index is 1.60. The lowest BCUT2D eigenvalue weighted by atomic mass is 10.1. The molecule has 2 aromatic carbocycles. The standard InChI is InChI=1S/C25H25ClN4O4/c1-15-17(10-12-23(31)27-16-9-11-22(34-4)19(26)13-16)25(32)30-24(29(15)2)14-20(28-30)18-7-5-6-8-21(18)33-3/h5-9,11,13-14H,10,12H2,1-4H3,(H,27,31). The fourth-order valence-electron chi connectivity index (χ4n) is 3.90. The number of fused-ring (bicyclic) bond motifs is 1. The maximum atomic E-state index is 13.3. The summed E-state index contributed by atoms with van der Waals surface area (Å²) >= 11 is 6.13. The molecule has 0 aliphatic carbocycles. The summed E-state index contributed by atoms with van der Waals surface area (Å²) in [6.45, 7) is 1.87. The van der Waals surface area contributed by atoms with Gasteiger partial charge in [-0.3, -0.25) is 9.59 Å². The van der Waals surface area contributed by atoms with E-state index in [4.69, 9.17) is 21.1 Å². The first-order valence-electron chi connectivity index (χ1n) is 10.7. The first-order valence-corrected chi connectivity index (χ1v) is 11.1. The zero-order chi connectivity index (χ0) is 24.4. The van der Waals surface area contributed by atoms with Crippen molar-refractivity contribution in [3.05, 3.63) is 75.2 Å². The number of benzene rings is 2. The maximum absolute atomic E-state index is 13.3. The molecule has 0 aliphatic rings. The quantitative estimate of drug-likeness (QED) is 0.427. The Morgan fingerprint density at radius 1 is 1.09 bits per heavy atom. The molecule has 0 saturated heterocycles. The van der Waals surface area contributed by atoms with E-state index in [1.54, 1.807) is 25.3 Å². The number of nitrogens with zero attached hydrogens (tertiary/aromatic N) is 3. The minimum atomic E-state index is -0.243. The Hall–Kier alpha value is -3.78. The van der Waals surface area contributed by atoms with Crippen LogP contribution in [0, 0.1) is 6.92 Å². The van der Waals surface area contributed by atoms with Gasteiger partial charge >= 0.3 is 0 Å². The highest BCUT2D eigenvalue weighted by atomic mass is 35.5. The van der Waals surface area contributed by atoms with Gasteiger partial charge in [-0.25, -0.2) is 0 Å². The number of hydrogen-bond donors (Lipinski definition) is 1. The van der Waals surface area contributed by atoms with Crippen molar-refractivity contribution in [3.63, 3.8) is 0 Å². The number of aromatic nitrogens is 3. The van der Waals surface area contributed by atoms with Crippen LogP contribution in [-0.2, 0) is 18.3 Å². The monoisotopic (exact) mass is 480 g/mol. The van der Waals surface area contributed by atoms with Gasteiger partial charge in [-0.1, -0.05) is 23.7 Å². The Bertz CT molecular complexity index is 1440. The second-order valence-electron chi connectivity index (χ2n) is 7.83. The second kappa shape index (κ2) is 9.61. The third kappa shape index (κ3) is 4.36. The number of halogens is 1. The number of amides is 1. The number of nitrogens with one attached hydrogen (secondary N) is 1. The lowest BCUT2D eigenvalue weighted by Gasteiger charge is -2.12. The number of ether oxygens (including phenoxy) is 2. The van der Waals surface area contributed by atoms with E-state index in [2.05, 4.69) is 10.4 Å². The third-order valence-corrected chi connectivity index (χ3v) is 6.14. The first-order chi connectivity index (χ1) is 16.3. The largest absolute Gasteiger partial charge is 0.496 e. The van der Waals surface area contributed by atoms with Gasteiger partial charge in [0.1, 0.15) is 17.1 Å². The highest BCUT2D eigenvalue weighted by Gasteiger charge is 2.18. The van der Waals surface area contributed by atoms with Gasteiger partial charge in [-0.05, 0) is 43.7 Å². The van der Waals surface area contributed by atoms with Crippen molar-refractivity contribution >= 4 is 28.8 Å². The van der Waals surface area contributed by atoms with Crippen molar-refractivity contribution in [2.45, 2.75) is 19.8 Å². The minimum Gasteiger partial charge on any atom is -0.496 e. The maximum Gasteiger partial charge on any atom is 0.277 e. The van der Waals surface area contributed by atoms with Crippen molar-refractivity contribution in [2.24, 2.45) is 7.05 Å². The molecule has 9 heteroatoms. The van der Waals surface area contributed by atoms with Gasteiger partial charge in [0.25, 0.3) is 5.56 Å². The molecule has 0 aliphatic heterocycles. The molecule has 4 rings (SSSR count). The van der Waals surface area contributed by atoms with Crippen LogP contribution in [0.1, 0.15) is 17.7 Å². The van der Waals surface area contributed by atoms with Crippen LogP contribution in [0.3, 0.4) is 0 Å². The van der Waals surface area contributed by atoms with Crippen LogP contribution in [0.25, 0.3) is 16.9 Å². The molecule has 2 aromatic heterocycles. The van der Waals surface area contributed by atoms with Gasteiger partial charge < -0.3 is 19.4 Å². The zero-order valence-electron chi connectivity index (χ0n) is 19.4. The molecule has 0 bridgehead atoms.